The molecule has 3 aromatic rings. The largest absolute Gasteiger partial charge is 0.384 e. The van der Waals surface area contributed by atoms with Crippen LogP contribution in [0, 0.1) is 11.7 Å². The molecule has 5 rings (SSSR count). The highest BCUT2D eigenvalue weighted by Gasteiger charge is 2.29. The smallest absolute Gasteiger partial charge is 0.254 e. The van der Waals surface area contributed by atoms with Gasteiger partial charge in [0.25, 0.3) is 5.91 Å². The van der Waals surface area contributed by atoms with Crippen molar-refractivity contribution in [1.29, 1.82) is 0 Å². The molecule has 2 aromatic heterocycles. The SMILES string of the molecule is CCc1c(F)cc(C(=O)N2C[C@H](N)CC[C@@H]2C)cc1/N=C(\C)c1cc2ccc(C(C)(C)O)nc2n1CC1CC1. The number of amides is 1. The van der Waals surface area contributed by atoms with E-state index in [9.17, 15) is 9.90 Å². The van der Waals surface area contributed by atoms with Gasteiger partial charge >= 0.3 is 0 Å². The number of pyridine rings is 1. The number of halogens is 1. The molecule has 0 bridgehead atoms. The van der Waals surface area contributed by atoms with Gasteiger partial charge in [0.2, 0.25) is 0 Å². The maximum Gasteiger partial charge on any atom is 0.254 e. The molecule has 0 radical (unpaired) electrons. The first kappa shape index (κ1) is 27.5. The van der Waals surface area contributed by atoms with Gasteiger partial charge in [-0.3, -0.25) is 9.79 Å². The lowest BCUT2D eigenvalue weighted by Crippen LogP contribution is -2.50. The highest BCUT2D eigenvalue weighted by molar-refractivity contribution is 6.03. The van der Waals surface area contributed by atoms with Crippen molar-refractivity contribution in [2.45, 2.75) is 91.0 Å². The lowest BCUT2D eigenvalue weighted by atomic mass is 9.98. The third-order valence-electron chi connectivity index (χ3n) is 8.12. The van der Waals surface area contributed by atoms with Crippen LogP contribution in [0.25, 0.3) is 11.0 Å². The highest BCUT2D eigenvalue weighted by Crippen LogP contribution is 2.34. The van der Waals surface area contributed by atoms with Crippen LogP contribution in [0.3, 0.4) is 0 Å². The van der Waals surface area contributed by atoms with Gasteiger partial charge in [-0.05, 0) is 96.0 Å². The Morgan fingerprint density at radius 2 is 1.95 bits per heavy atom. The molecule has 208 valence electrons. The molecule has 3 heterocycles. The topological polar surface area (TPSA) is 96.7 Å². The predicted octanol–water partition coefficient (Wildman–Crippen LogP) is 5.47. The van der Waals surface area contributed by atoms with Crippen LogP contribution in [0.15, 0.2) is 35.3 Å². The Hall–Kier alpha value is -3.10. The van der Waals surface area contributed by atoms with Crippen LogP contribution >= 0.6 is 0 Å². The Morgan fingerprint density at radius 3 is 2.62 bits per heavy atom. The van der Waals surface area contributed by atoms with Gasteiger partial charge < -0.3 is 20.3 Å². The van der Waals surface area contributed by atoms with Gasteiger partial charge in [-0.1, -0.05) is 6.92 Å². The van der Waals surface area contributed by atoms with Gasteiger partial charge in [0, 0.05) is 41.7 Å². The Kier molecular flexibility index (Phi) is 7.37. The van der Waals surface area contributed by atoms with Gasteiger partial charge in [0.05, 0.1) is 22.8 Å². The zero-order valence-corrected chi connectivity index (χ0v) is 23.7. The van der Waals surface area contributed by atoms with Crippen LogP contribution in [0.2, 0.25) is 0 Å². The molecular weight excluding hydrogens is 493 g/mol. The fourth-order valence-corrected chi connectivity index (χ4v) is 5.53. The number of carbonyl (C=O) groups excluding carboxylic acids is 1. The molecule has 0 unspecified atom stereocenters. The summed E-state index contributed by atoms with van der Waals surface area (Å²) in [6.07, 6.45) is 4.52. The molecular formula is C31H40FN5O2. The Balaban J connectivity index is 1.57. The van der Waals surface area contributed by atoms with E-state index in [1.807, 2.05) is 32.9 Å². The molecule has 2 fully saturated rings. The number of fused-ring (bicyclic) bond motifs is 1. The molecule has 1 saturated heterocycles. The van der Waals surface area contributed by atoms with Gasteiger partial charge in [-0.25, -0.2) is 9.37 Å². The summed E-state index contributed by atoms with van der Waals surface area (Å²) in [6.45, 7) is 10.6. The predicted molar refractivity (Wildman–Crippen MR) is 153 cm³/mol. The van der Waals surface area contributed by atoms with E-state index in [1.54, 1.807) is 24.8 Å². The average molecular weight is 534 g/mol. The molecule has 1 saturated carbocycles. The average Bonchev–Trinajstić information content (AvgIpc) is 3.63. The molecule has 2 aliphatic rings. The standard InChI is InChI=1S/C31H40FN5O2/c1-6-24-25(32)13-22(30(38)36-17-23(33)11-7-18(36)2)14-26(24)34-19(3)27-15-21-10-12-28(31(4,5)39)35-29(21)37(27)16-20-8-9-20/h10,12-15,18,20,23,39H,6-9,11,16-17,33H2,1-5H3/b34-19+/t18-,23+/m0/s1. The van der Waals surface area contributed by atoms with Gasteiger partial charge in [-0.2, -0.15) is 0 Å². The number of nitrogens with two attached hydrogens (primary N) is 1. The molecule has 2 atom stereocenters. The maximum absolute atomic E-state index is 15.3. The van der Waals surface area contributed by atoms with Crippen molar-refractivity contribution in [2.24, 2.45) is 16.6 Å². The number of hydrogen-bond donors (Lipinski definition) is 2. The van der Waals surface area contributed by atoms with Crippen molar-refractivity contribution in [3.05, 3.63) is 58.7 Å². The number of piperidine rings is 1. The van der Waals surface area contributed by atoms with Crippen molar-refractivity contribution >= 4 is 28.3 Å². The fourth-order valence-electron chi connectivity index (χ4n) is 5.53. The van der Waals surface area contributed by atoms with Crippen LogP contribution in [-0.2, 0) is 18.6 Å². The van der Waals surface area contributed by atoms with Gasteiger partial charge in [0.1, 0.15) is 17.1 Å². The lowest BCUT2D eigenvalue weighted by molar-refractivity contribution is 0.0612. The van der Waals surface area contributed by atoms with E-state index < -0.39 is 11.4 Å². The van der Waals surface area contributed by atoms with Gasteiger partial charge in [-0.15, -0.1) is 0 Å². The van der Waals surface area contributed by atoms with Crippen LogP contribution in [0.5, 0.6) is 0 Å². The summed E-state index contributed by atoms with van der Waals surface area (Å²) < 4.78 is 17.5. The third-order valence-corrected chi connectivity index (χ3v) is 8.12. The van der Waals surface area contributed by atoms with E-state index in [0.29, 0.717) is 41.4 Å². The molecule has 39 heavy (non-hydrogen) atoms. The molecule has 1 aromatic carbocycles. The zero-order chi connectivity index (χ0) is 28.1. The maximum atomic E-state index is 15.3. The monoisotopic (exact) mass is 533 g/mol. The van der Waals surface area contributed by atoms with Crippen LogP contribution in [0.1, 0.15) is 87.6 Å². The molecule has 1 aliphatic carbocycles. The summed E-state index contributed by atoms with van der Waals surface area (Å²) in [6, 6.07) is 8.95. The molecule has 8 heteroatoms. The third kappa shape index (κ3) is 5.63. The Labute approximate surface area is 229 Å². The number of aromatic nitrogens is 2. The van der Waals surface area contributed by atoms with E-state index in [-0.39, 0.29) is 18.0 Å². The van der Waals surface area contributed by atoms with Crippen LogP contribution in [-0.4, -0.2) is 49.8 Å². The summed E-state index contributed by atoms with van der Waals surface area (Å²) >= 11 is 0. The number of aliphatic hydroxyl groups is 1. The second kappa shape index (κ2) is 10.5. The number of nitrogens with zero attached hydrogens (tertiary/aromatic N) is 4. The first-order valence-corrected chi connectivity index (χ1v) is 14.1. The van der Waals surface area contributed by atoms with E-state index >= 15 is 4.39 Å². The van der Waals surface area contributed by atoms with Crippen molar-refractivity contribution in [1.82, 2.24) is 14.5 Å². The van der Waals surface area contributed by atoms with Crippen molar-refractivity contribution in [3.63, 3.8) is 0 Å². The molecule has 1 amide bonds. The molecule has 0 spiro atoms. The summed E-state index contributed by atoms with van der Waals surface area (Å²) in [7, 11) is 0. The number of aliphatic imine (C=N–C) groups is 1. The number of carbonyl (C=O) groups is 1. The number of rotatable bonds is 7. The highest BCUT2D eigenvalue weighted by atomic mass is 19.1. The summed E-state index contributed by atoms with van der Waals surface area (Å²) in [5, 5.41) is 11.5. The second-order valence-corrected chi connectivity index (χ2v) is 11.9. The Bertz CT molecular complexity index is 1430. The number of benzene rings is 1. The summed E-state index contributed by atoms with van der Waals surface area (Å²) in [4.78, 5) is 25.0. The normalized spacial score (nSPS) is 20.6. The summed E-state index contributed by atoms with van der Waals surface area (Å²) in [5.41, 5.74) is 9.41. The minimum absolute atomic E-state index is 0.0549. The number of likely N-dealkylation sites (tertiary alicyclic amines) is 1. The summed E-state index contributed by atoms with van der Waals surface area (Å²) in [5.74, 6) is -0.0411. The van der Waals surface area contributed by atoms with Gasteiger partial charge in [0.15, 0.2) is 0 Å². The van der Waals surface area contributed by atoms with Crippen molar-refractivity contribution in [2.75, 3.05) is 6.54 Å². The minimum atomic E-state index is -1.05. The second-order valence-electron chi connectivity index (χ2n) is 11.9. The Morgan fingerprint density at radius 1 is 1.21 bits per heavy atom. The van der Waals surface area contributed by atoms with E-state index in [4.69, 9.17) is 15.7 Å². The quantitative estimate of drug-likeness (QED) is 0.394. The first-order valence-electron chi connectivity index (χ1n) is 14.1. The van der Waals surface area contributed by atoms with E-state index in [1.165, 1.54) is 18.9 Å². The van der Waals surface area contributed by atoms with E-state index in [0.717, 1.165) is 41.8 Å². The number of hydrogen-bond acceptors (Lipinski definition) is 5. The first-order chi connectivity index (χ1) is 18.5. The van der Waals surface area contributed by atoms with Crippen LogP contribution in [0.4, 0.5) is 10.1 Å². The fraction of sp³-hybridized carbons (Fsp3) is 0.516. The minimum Gasteiger partial charge on any atom is -0.384 e. The molecule has 3 N–H and O–H groups in total. The lowest BCUT2D eigenvalue weighted by Gasteiger charge is -2.36. The van der Waals surface area contributed by atoms with Crippen molar-refractivity contribution < 1.29 is 14.3 Å². The molecule has 7 nitrogen and oxygen atoms in total. The van der Waals surface area contributed by atoms with Crippen LogP contribution < -0.4 is 5.73 Å². The molecule has 1 aliphatic heterocycles. The zero-order valence-electron chi connectivity index (χ0n) is 23.7. The van der Waals surface area contributed by atoms with Crippen molar-refractivity contribution in [3.8, 4) is 0 Å². The van der Waals surface area contributed by atoms with E-state index in [2.05, 4.69) is 10.6 Å².